The van der Waals surface area contributed by atoms with Gasteiger partial charge in [0.2, 0.25) is 5.78 Å². The van der Waals surface area contributed by atoms with Crippen molar-refractivity contribution in [2.45, 2.75) is 46.6 Å². The molecule has 1 atom stereocenters. The molecule has 1 aromatic carbocycles. The summed E-state index contributed by atoms with van der Waals surface area (Å²) in [6, 6.07) is 7.02. The van der Waals surface area contributed by atoms with Crippen LogP contribution in [0.15, 0.2) is 29.1 Å². The number of aryl methyl sites for hydroxylation is 2. The number of aromatic amines is 1. The van der Waals surface area contributed by atoms with Crippen LogP contribution in [0.25, 0.3) is 10.9 Å². The molecule has 0 amide bonds. The third-order valence-corrected chi connectivity index (χ3v) is 5.34. The number of benzene rings is 1. The Bertz CT molecular complexity index is 1250. The fourth-order valence-electron chi connectivity index (χ4n) is 3.74. The van der Waals surface area contributed by atoms with Gasteiger partial charge in [0.15, 0.2) is 11.9 Å². The Morgan fingerprint density at radius 3 is 2.52 bits per heavy atom. The van der Waals surface area contributed by atoms with Crippen LogP contribution in [0.2, 0.25) is 0 Å². The Labute approximate surface area is 179 Å². The van der Waals surface area contributed by atoms with Gasteiger partial charge in [0, 0.05) is 24.7 Å². The number of carbonyl (C=O) groups excluding carboxylic acids is 3. The zero-order chi connectivity index (χ0) is 22.9. The first-order chi connectivity index (χ1) is 14.6. The van der Waals surface area contributed by atoms with E-state index in [1.165, 1.54) is 18.4 Å². The van der Waals surface area contributed by atoms with Crippen LogP contribution < -0.4 is 5.56 Å². The molecule has 0 aliphatic heterocycles. The van der Waals surface area contributed by atoms with Crippen molar-refractivity contribution in [3.8, 4) is 0 Å². The van der Waals surface area contributed by atoms with Crippen LogP contribution >= 0.6 is 0 Å². The molecule has 0 spiro atoms. The maximum Gasteiger partial charge on any atom is 0.306 e. The Balaban J connectivity index is 1.69. The number of fused-ring (bicyclic) bond motifs is 1. The number of ether oxygens (including phenoxy) is 1. The molecule has 0 aliphatic rings. The lowest BCUT2D eigenvalue weighted by Gasteiger charge is -2.13. The number of H-pyrrole nitrogens is 1. The highest BCUT2D eigenvalue weighted by Crippen LogP contribution is 2.20. The van der Waals surface area contributed by atoms with Gasteiger partial charge in [-0.3, -0.25) is 23.7 Å². The van der Waals surface area contributed by atoms with Gasteiger partial charge in [0.1, 0.15) is 5.82 Å². The summed E-state index contributed by atoms with van der Waals surface area (Å²) in [7, 11) is 1.61. The number of nitrogens with one attached hydrogen (secondary N) is 1. The van der Waals surface area contributed by atoms with Crippen molar-refractivity contribution < 1.29 is 19.1 Å². The standard InChI is InChI=1S/C23H25N3O5/c1-12-20(14(3)27)13(2)24-21(12)22(29)15(4)31-19(28)11-10-18-25-17-9-7-6-8-16(17)23(30)26(18)5/h6-9,15,24H,10-11H2,1-5H3/t15-/m1/s1. The van der Waals surface area contributed by atoms with Crippen molar-refractivity contribution in [3.05, 3.63) is 63.0 Å². The summed E-state index contributed by atoms with van der Waals surface area (Å²) in [4.78, 5) is 56.7. The molecule has 8 nitrogen and oxygen atoms in total. The van der Waals surface area contributed by atoms with E-state index in [1.54, 1.807) is 45.2 Å². The van der Waals surface area contributed by atoms with Gasteiger partial charge in [-0.15, -0.1) is 0 Å². The smallest absolute Gasteiger partial charge is 0.306 e. The Hall–Kier alpha value is -3.55. The quantitative estimate of drug-likeness (QED) is 0.462. The number of hydrogen-bond donors (Lipinski definition) is 1. The van der Waals surface area contributed by atoms with Crippen molar-refractivity contribution in [3.63, 3.8) is 0 Å². The van der Waals surface area contributed by atoms with Gasteiger partial charge in [0.05, 0.1) is 23.0 Å². The fraction of sp³-hybridized carbons (Fsp3) is 0.348. The second-order valence-electron chi connectivity index (χ2n) is 7.59. The maximum atomic E-state index is 12.7. The summed E-state index contributed by atoms with van der Waals surface area (Å²) in [6.45, 7) is 6.34. The van der Waals surface area contributed by atoms with Crippen LogP contribution in [-0.4, -0.2) is 38.2 Å². The van der Waals surface area contributed by atoms with E-state index in [0.29, 0.717) is 33.5 Å². The van der Waals surface area contributed by atoms with Gasteiger partial charge in [-0.1, -0.05) is 12.1 Å². The van der Waals surface area contributed by atoms with Crippen LogP contribution in [0.3, 0.4) is 0 Å². The number of carbonyl (C=O) groups is 3. The lowest BCUT2D eigenvalue weighted by Crippen LogP contribution is -2.26. The van der Waals surface area contributed by atoms with Gasteiger partial charge < -0.3 is 9.72 Å². The monoisotopic (exact) mass is 423 g/mol. The second kappa shape index (κ2) is 8.67. The number of aromatic nitrogens is 3. The number of nitrogens with zero attached hydrogens (tertiary/aromatic N) is 2. The second-order valence-corrected chi connectivity index (χ2v) is 7.59. The zero-order valence-corrected chi connectivity index (χ0v) is 18.2. The lowest BCUT2D eigenvalue weighted by molar-refractivity contribution is -0.146. The minimum absolute atomic E-state index is 0.0301. The molecule has 0 unspecified atom stereocenters. The number of rotatable bonds is 7. The number of Topliss-reactive ketones (excluding diaryl/α,β-unsaturated/α-hetero) is 2. The average molecular weight is 423 g/mol. The number of esters is 1. The Morgan fingerprint density at radius 2 is 1.87 bits per heavy atom. The summed E-state index contributed by atoms with van der Waals surface area (Å²) in [5.41, 5.74) is 2.28. The average Bonchev–Trinajstić information content (AvgIpc) is 3.03. The molecular formula is C23H25N3O5. The van der Waals surface area contributed by atoms with Crippen molar-refractivity contribution >= 4 is 28.4 Å². The minimum atomic E-state index is -1.02. The van der Waals surface area contributed by atoms with Gasteiger partial charge in [-0.2, -0.15) is 0 Å². The van der Waals surface area contributed by atoms with Crippen molar-refractivity contribution in [2.75, 3.05) is 0 Å². The molecule has 1 N–H and O–H groups in total. The fourth-order valence-corrected chi connectivity index (χ4v) is 3.74. The SMILES string of the molecule is CC(=O)c1c(C)[nH]c(C(=O)[C@@H](C)OC(=O)CCc2nc3ccccc3c(=O)n2C)c1C. The largest absolute Gasteiger partial charge is 0.454 e. The van der Waals surface area contributed by atoms with Gasteiger partial charge in [-0.05, 0) is 45.4 Å². The predicted octanol–water partition coefficient (Wildman–Crippen LogP) is 2.83. The van der Waals surface area contributed by atoms with E-state index in [-0.39, 0.29) is 29.9 Å². The summed E-state index contributed by atoms with van der Waals surface area (Å²) >= 11 is 0. The van der Waals surface area contributed by atoms with Gasteiger partial charge in [0.25, 0.3) is 5.56 Å². The molecule has 0 saturated heterocycles. The third kappa shape index (κ3) is 4.33. The van der Waals surface area contributed by atoms with E-state index in [4.69, 9.17) is 4.74 Å². The van der Waals surface area contributed by atoms with E-state index in [1.807, 2.05) is 0 Å². The summed E-state index contributed by atoms with van der Waals surface area (Å²) < 4.78 is 6.72. The highest BCUT2D eigenvalue weighted by atomic mass is 16.5. The predicted molar refractivity (Wildman–Crippen MR) is 115 cm³/mol. The van der Waals surface area contributed by atoms with Crippen LogP contribution in [-0.2, 0) is 23.0 Å². The third-order valence-electron chi connectivity index (χ3n) is 5.34. The van der Waals surface area contributed by atoms with E-state index in [2.05, 4.69) is 9.97 Å². The summed E-state index contributed by atoms with van der Waals surface area (Å²) in [6.07, 6.45) is -0.847. The Morgan fingerprint density at radius 1 is 1.19 bits per heavy atom. The number of para-hydroxylation sites is 1. The molecule has 0 bridgehead atoms. The molecule has 2 heterocycles. The first-order valence-corrected chi connectivity index (χ1v) is 10.00. The van der Waals surface area contributed by atoms with E-state index in [9.17, 15) is 19.2 Å². The summed E-state index contributed by atoms with van der Waals surface area (Å²) in [5, 5.41) is 0.511. The maximum absolute atomic E-state index is 12.7. The first kappa shape index (κ1) is 22.1. The molecular weight excluding hydrogens is 398 g/mol. The van der Waals surface area contributed by atoms with E-state index >= 15 is 0 Å². The lowest BCUT2D eigenvalue weighted by atomic mass is 10.0. The normalized spacial score (nSPS) is 12.0. The molecule has 0 fully saturated rings. The zero-order valence-electron chi connectivity index (χ0n) is 18.2. The highest BCUT2D eigenvalue weighted by molar-refractivity contribution is 6.05. The van der Waals surface area contributed by atoms with Crippen molar-refractivity contribution in [2.24, 2.45) is 7.05 Å². The van der Waals surface area contributed by atoms with E-state index in [0.717, 1.165) is 0 Å². The number of ketones is 2. The van der Waals surface area contributed by atoms with Crippen molar-refractivity contribution in [1.82, 2.24) is 14.5 Å². The molecule has 0 radical (unpaired) electrons. The molecule has 8 heteroatoms. The molecule has 31 heavy (non-hydrogen) atoms. The molecule has 0 saturated carbocycles. The highest BCUT2D eigenvalue weighted by Gasteiger charge is 2.26. The van der Waals surface area contributed by atoms with Crippen LogP contribution in [0.1, 0.15) is 58.2 Å². The molecule has 2 aromatic heterocycles. The Kier molecular flexibility index (Phi) is 6.19. The molecule has 0 aliphatic carbocycles. The topological polar surface area (TPSA) is 111 Å². The van der Waals surface area contributed by atoms with Gasteiger partial charge in [-0.25, -0.2) is 4.98 Å². The molecule has 3 rings (SSSR count). The first-order valence-electron chi connectivity index (χ1n) is 10.00. The van der Waals surface area contributed by atoms with Gasteiger partial charge >= 0.3 is 5.97 Å². The van der Waals surface area contributed by atoms with E-state index < -0.39 is 17.9 Å². The molecule has 3 aromatic rings. The molecule has 162 valence electrons. The van der Waals surface area contributed by atoms with Crippen LogP contribution in [0.5, 0.6) is 0 Å². The minimum Gasteiger partial charge on any atom is -0.454 e. The van der Waals surface area contributed by atoms with Crippen LogP contribution in [0, 0.1) is 13.8 Å². The van der Waals surface area contributed by atoms with Crippen molar-refractivity contribution in [1.29, 1.82) is 0 Å². The van der Waals surface area contributed by atoms with Crippen LogP contribution in [0.4, 0.5) is 0 Å². The number of hydrogen-bond acceptors (Lipinski definition) is 6. The summed E-state index contributed by atoms with van der Waals surface area (Å²) in [5.74, 6) is -0.654.